The molecule has 0 aliphatic carbocycles. The van der Waals surface area contributed by atoms with Crippen molar-refractivity contribution in [2.45, 2.75) is 38.9 Å². The first kappa shape index (κ1) is 15.3. The van der Waals surface area contributed by atoms with Gasteiger partial charge in [-0.2, -0.15) is 0 Å². The van der Waals surface area contributed by atoms with Crippen molar-refractivity contribution in [3.63, 3.8) is 0 Å². The minimum absolute atomic E-state index is 0.0580. The normalized spacial score (nSPS) is 25.1. The van der Waals surface area contributed by atoms with Gasteiger partial charge in [0.15, 0.2) is 0 Å². The van der Waals surface area contributed by atoms with Crippen molar-refractivity contribution in [1.82, 2.24) is 0 Å². The first-order valence-electron chi connectivity index (χ1n) is 5.64. The standard InChI is InChI=1S/C10H18NO6P/c1-9(2)7-16-18(15,17-8-9)10(3,11(13)14)5-4-6-12/h6H,4-5,7-8H2,1-3H3. The average Bonchev–Trinajstić information content (AvgIpc) is 2.30. The molecule has 1 rings (SSSR count). The van der Waals surface area contributed by atoms with E-state index in [0.29, 0.717) is 6.29 Å². The van der Waals surface area contributed by atoms with E-state index in [9.17, 15) is 19.5 Å². The Morgan fingerprint density at radius 1 is 1.44 bits per heavy atom. The van der Waals surface area contributed by atoms with Gasteiger partial charge < -0.3 is 13.8 Å². The van der Waals surface area contributed by atoms with Gasteiger partial charge in [-0.1, -0.05) is 13.8 Å². The van der Waals surface area contributed by atoms with Gasteiger partial charge >= 0.3 is 12.9 Å². The minimum atomic E-state index is -3.86. The Kier molecular flexibility index (Phi) is 4.30. The monoisotopic (exact) mass is 279 g/mol. The number of hydrogen-bond acceptors (Lipinski definition) is 6. The number of aldehydes is 1. The number of nitro groups is 1. The van der Waals surface area contributed by atoms with Crippen LogP contribution < -0.4 is 0 Å². The van der Waals surface area contributed by atoms with Crippen molar-refractivity contribution in [3.05, 3.63) is 10.1 Å². The van der Waals surface area contributed by atoms with Gasteiger partial charge in [-0.25, -0.2) is 0 Å². The Morgan fingerprint density at radius 2 is 1.94 bits per heavy atom. The second kappa shape index (κ2) is 5.07. The molecule has 7 nitrogen and oxygen atoms in total. The third-order valence-electron chi connectivity index (χ3n) is 2.97. The molecule has 0 aromatic rings. The summed E-state index contributed by atoms with van der Waals surface area (Å²) in [6.07, 6.45) is 0.334. The van der Waals surface area contributed by atoms with Crippen LogP contribution in [0.1, 0.15) is 33.6 Å². The summed E-state index contributed by atoms with van der Waals surface area (Å²) in [5.41, 5.74) is -0.323. The highest BCUT2D eigenvalue weighted by atomic mass is 31.2. The maximum absolute atomic E-state index is 12.5. The van der Waals surface area contributed by atoms with Crippen LogP contribution in [-0.4, -0.2) is 29.7 Å². The fourth-order valence-corrected chi connectivity index (χ4v) is 3.81. The van der Waals surface area contributed by atoms with Gasteiger partial charge in [-0.15, -0.1) is 0 Å². The number of carbonyl (C=O) groups excluding carboxylic acids is 1. The van der Waals surface area contributed by atoms with E-state index in [1.54, 1.807) is 0 Å². The van der Waals surface area contributed by atoms with Crippen LogP contribution in [0.15, 0.2) is 0 Å². The maximum Gasteiger partial charge on any atom is 0.406 e. The molecule has 0 saturated carbocycles. The molecule has 0 spiro atoms. The fourth-order valence-electron chi connectivity index (χ4n) is 1.54. The molecule has 0 radical (unpaired) electrons. The molecule has 8 heteroatoms. The summed E-state index contributed by atoms with van der Waals surface area (Å²) in [6.45, 7) is 5.18. The predicted octanol–water partition coefficient (Wildman–Crippen LogP) is 2.22. The highest BCUT2D eigenvalue weighted by Gasteiger charge is 2.60. The summed E-state index contributed by atoms with van der Waals surface area (Å²) >= 11 is 0. The maximum atomic E-state index is 12.5. The largest absolute Gasteiger partial charge is 0.406 e. The van der Waals surface area contributed by atoms with Crippen LogP contribution in [0.2, 0.25) is 0 Å². The summed E-state index contributed by atoms with van der Waals surface area (Å²) in [5.74, 6) is 0. The second-order valence-corrected chi connectivity index (χ2v) is 7.86. The Morgan fingerprint density at radius 3 is 2.33 bits per heavy atom. The van der Waals surface area contributed by atoms with Gasteiger partial charge in [0.25, 0.3) is 0 Å². The quantitative estimate of drug-likeness (QED) is 0.331. The molecule has 0 N–H and O–H groups in total. The van der Waals surface area contributed by atoms with Gasteiger partial charge in [0, 0.05) is 30.1 Å². The lowest BCUT2D eigenvalue weighted by Crippen LogP contribution is -2.41. The summed E-state index contributed by atoms with van der Waals surface area (Å²) < 4.78 is 22.8. The lowest BCUT2D eigenvalue weighted by molar-refractivity contribution is -0.541. The zero-order valence-electron chi connectivity index (χ0n) is 10.7. The fraction of sp³-hybridized carbons (Fsp3) is 0.900. The molecule has 0 aromatic carbocycles. The van der Waals surface area contributed by atoms with Crippen LogP contribution in [0.4, 0.5) is 0 Å². The molecule has 0 bridgehead atoms. The topological polar surface area (TPSA) is 95.7 Å². The van der Waals surface area contributed by atoms with Crippen LogP contribution in [0.3, 0.4) is 0 Å². The molecule has 1 unspecified atom stereocenters. The van der Waals surface area contributed by atoms with E-state index in [1.165, 1.54) is 6.92 Å². The summed E-state index contributed by atoms with van der Waals surface area (Å²) in [7, 11) is -3.86. The summed E-state index contributed by atoms with van der Waals surface area (Å²) in [5, 5.41) is 9.28. The molecule has 18 heavy (non-hydrogen) atoms. The summed E-state index contributed by atoms with van der Waals surface area (Å²) in [6, 6.07) is 0. The van der Waals surface area contributed by atoms with Gasteiger partial charge in [0.1, 0.15) is 6.29 Å². The molecule has 0 amide bonds. The van der Waals surface area contributed by atoms with E-state index in [0.717, 1.165) is 0 Å². The van der Waals surface area contributed by atoms with Crippen LogP contribution in [-0.2, 0) is 18.4 Å². The van der Waals surface area contributed by atoms with E-state index >= 15 is 0 Å². The van der Waals surface area contributed by atoms with Crippen LogP contribution in [0, 0.1) is 15.5 Å². The molecular weight excluding hydrogens is 261 g/mol. The third kappa shape index (κ3) is 2.79. The molecule has 0 aromatic heterocycles. The average molecular weight is 279 g/mol. The van der Waals surface area contributed by atoms with Crippen molar-refractivity contribution >= 4 is 13.9 Å². The van der Waals surface area contributed by atoms with E-state index in [4.69, 9.17) is 9.05 Å². The number of carbonyl (C=O) groups is 1. The first-order valence-corrected chi connectivity index (χ1v) is 7.18. The van der Waals surface area contributed by atoms with Crippen LogP contribution in [0.5, 0.6) is 0 Å². The summed E-state index contributed by atoms with van der Waals surface area (Å²) in [4.78, 5) is 20.8. The van der Waals surface area contributed by atoms with Crippen molar-refractivity contribution in [2.24, 2.45) is 5.41 Å². The number of nitrogens with zero attached hydrogens (tertiary/aromatic N) is 1. The molecule has 1 saturated heterocycles. The lowest BCUT2D eigenvalue weighted by atomic mass is 9.97. The smallest absolute Gasteiger partial charge is 0.303 e. The van der Waals surface area contributed by atoms with Gasteiger partial charge in [-0.3, -0.25) is 14.7 Å². The molecule has 104 valence electrons. The van der Waals surface area contributed by atoms with E-state index in [1.807, 2.05) is 13.8 Å². The van der Waals surface area contributed by atoms with Crippen molar-refractivity contribution in [1.29, 1.82) is 0 Å². The SMILES string of the molecule is CC1(C)COP(=O)(C(C)(CCC=O)[N+](=O)[O-])OC1. The molecule has 1 fully saturated rings. The molecule has 1 aliphatic rings. The molecular formula is C10H18NO6P. The van der Waals surface area contributed by atoms with Gasteiger partial charge in [0.05, 0.1) is 13.2 Å². The minimum Gasteiger partial charge on any atom is -0.303 e. The second-order valence-electron chi connectivity index (χ2n) is 5.39. The van der Waals surface area contributed by atoms with E-state index < -0.39 is 17.8 Å². The highest BCUT2D eigenvalue weighted by molar-refractivity contribution is 7.55. The Balaban J connectivity index is 2.96. The van der Waals surface area contributed by atoms with E-state index in [2.05, 4.69) is 0 Å². The van der Waals surface area contributed by atoms with Crippen molar-refractivity contribution < 1.29 is 23.3 Å². The molecule has 1 atom stereocenters. The zero-order chi connectivity index (χ0) is 14.0. The predicted molar refractivity (Wildman–Crippen MR) is 64.0 cm³/mol. The Labute approximate surface area is 106 Å². The lowest BCUT2D eigenvalue weighted by Gasteiger charge is -2.37. The number of hydrogen-bond donors (Lipinski definition) is 0. The highest BCUT2D eigenvalue weighted by Crippen LogP contribution is 2.64. The van der Waals surface area contributed by atoms with Crippen molar-refractivity contribution in [3.8, 4) is 0 Å². The van der Waals surface area contributed by atoms with Gasteiger partial charge in [-0.05, 0) is 0 Å². The molecule has 1 aliphatic heterocycles. The van der Waals surface area contributed by atoms with Crippen molar-refractivity contribution in [2.75, 3.05) is 13.2 Å². The molecule has 1 heterocycles. The zero-order valence-corrected chi connectivity index (χ0v) is 11.6. The van der Waals surface area contributed by atoms with Gasteiger partial charge in [0.2, 0.25) is 0 Å². The Hall–Kier alpha value is -0.780. The Bertz CT molecular complexity index is 382. The third-order valence-corrected chi connectivity index (χ3v) is 5.47. The van der Waals surface area contributed by atoms with Crippen LogP contribution >= 0.6 is 7.60 Å². The number of rotatable bonds is 5. The van der Waals surface area contributed by atoms with E-state index in [-0.39, 0.29) is 31.5 Å². The van der Waals surface area contributed by atoms with Crippen LogP contribution in [0.25, 0.3) is 0 Å². The first-order chi connectivity index (χ1) is 8.17.